The Balaban J connectivity index is 4.00. The molecule has 0 aliphatic heterocycles. The number of ether oxygens (including phenoxy) is 1. The summed E-state index contributed by atoms with van der Waals surface area (Å²) in [5.41, 5.74) is 0. The third-order valence-electron chi connectivity index (χ3n) is 3.02. The Morgan fingerprint density at radius 3 is 2.35 bits per heavy atom. The second kappa shape index (κ2) is 10.3. The van der Waals surface area contributed by atoms with Crippen LogP contribution in [0.5, 0.6) is 0 Å². The van der Waals surface area contributed by atoms with Crippen molar-refractivity contribution in [3.05, 3.63) is 12.2 Å². The smallest absolute Gasteiger partial charge is 0.330 e. The van der Waals surface area contributed by atoms with Gasteiger partial charge in [0.2, 0.25) is 0 Å². The van der Waals surface area contributed by atoms with Gasteiger partial charge < -0.3 is 4.74 Å². The van der Waals surface area contributed by atoms with Gasteiger partial charge in [-0.1, -0.05) is 39.7 Å². The maximum Gasteiger partial charge on any atom is 0.330 e. The molecule has 0 N–H and O–H groups in total. The summed E-state index contributed by atoms with van der Waals surface area (Å²) in [6, 6.07) is 0. The summed E-state index contributed by atoms with van der Waals surface area (Å²) < 4.78 is 4.84. The predicted octanol–water partition coefficient (Wildman–Crippen LogP) is 2.86. The predicted molar refractivity (Wildman–Crippen MR) is 72.0 cm³/mol. The van der Waals surface area contributed by atoms with E-state index in [1.165, 1.54) is 18.9 Å². The average molecular weight is 241 g/mol. The van der Waals surface area contributed by atoms with E-state index in [4.69, 9.17) is 4.74 Å². The van der Waals surface area contributed by atoms with Crippen molar-refractivity contribution in [2.24, 2.45) is 5.92 Å². The molecule has 0 saturated carbocycles. The topological polar surface area (TPSA) is 29.5 Å². The fourth-order valence-corrected chi connectivity index (χ4v) is 1.73. The van der Waals surface area contributed by atoms with Gasteiger partial charge in [0.15, 0.2) is 0 Å². The van der Waals surface area contributed by atoms with Crippen LogP contribution in [0.4, 0.5) is 0 Å². The minimum Gasteiger partial charge on any atom is -0.463 e. The second-order valence-corrected chi connectivity index (χ2v) is 4.19. The molecule has 0 radical (unpaired) electrons. The van der Waals surface area contributed by atoms with Gasteiger partial charge in [-0.3, -0.25) is 4.90 Å². The lowest BCUT2D eigenvalue weighted by atomic mass is 10.0. The minimum absolute atomic E-state index is 0.244. The lowest BCUT2D eigenvalue weighted by Crippen LogP contribution is -2.29. The standard InChI is InChI=1S/C14H27NO2/c1-5-13(6-2)12-15(7-3)11-9-10-14(16)17-8-4/h9-10,13H,5-8,11-12H2,1-4H3/b10-9+. The van der Waals surface area contributed by atoms with Gasteiger partial charge in [-0.25, -0.2) is 4.79 Å². The average Bonchev–Trinajstić information content (AvgIpc) is 2.34. The molecule has 0 amide bonds. The van der Waals surface area contributed by atoms with E-state index in [1.54, 1.807) is 0 Å². The monoisotopic (exact) mass is 241 g/mol. The van der Waals surface area contributed by atoms with E-state index in [1.807, 2.05) is 13.0 Å². The first kappa shape index (κ1) is 16.2. The molecule has 0 aliphatic rings. The first-order valence-corrected chi connectivity index (χ1v) is 6.73. The highest BCUT2D eigenvalue weighted by molar-refractivity contribution is 5.81. The molecule has 3 nitrogen and oxygen atoms in total. The normalized spacial score (nSPS) is 11.6. The highest BCUT2D eigenvalue weighted by Gasteiger charge is 2.08. The Labute approximate surface area is 106 Å². The van der Waals surface area contributed by atoms with Crippen molar-refractivity contribution in [3.8, 4) is 0 Å². The first-order valence-electron chi connectivity index (χ1n) is 6.73. The SMILES string of the molecule is CCOC(=O)/C=C/CN(CC)CC(CC)CC. The summed E-state index contributed by atoms with van der Waals surface area (Å²) in [5, 5.41) is 0. The van der Waals surface area contributed by atoms with E-state index in [-0.39, 0.29) is 5.97 Å². The van der Waals surface area contributed by atoms with E-state index in [0.717, 1.165) is 25.6 Å². The molecule has 0 bridgehead atoms. The maximum atomic E-state index is 11.1. The van der Waals surface area contributed by atoms with Crippen molar-refractivity contribution in [3.63, 3.8) is 0 Å². The number of nitrogens with zero attached hydrogens (tertiary/aromatic N) is 1. The molecule has 0 saturated heterocycles. The maximum absolute atomic E-state index is 11.1. The van der Waals surface area contributed by atoms with Crippen LogP contribution in [0.25, 0.3) is 0 Å². The fraction of sp³-hybridized carbons (Fsp3) is 0.786. The summed E-state index contributed by atoms with van der Waals surface area (Å²) in [6.07, 6.45) is 5.85. The number of hydrogen-bond acceptors (Lipinski definition) is 3. The van der Waals surface area contributed by atoms with E-state index in [0.29, 0.717) is 6.61 Å². The van der Waals surface area contributed by atoms with Gasteiger partial charge in [0.25, 0.3) is 0 Å². The fourth-order valence-electron chi connectivity index (χ4n) is 1.73. The molecule has 0 aromatic heterocycles. The van der Waals surface area contributed by atoms with Crippen LogP contribution in [0.15, 0.2) is 12.2 Å². The zero-order chi connectivity index (χ0) is 13.1. The van der Waals surface area contributed by atoms with Gasteiger partial charge in [-0.2, -0.15) is 0 Å². The Kier molecular flexibility index (Phi) is 9.83. The minimum atomic E-state index is -0.244. The van der Waals surface area contributed by atoms with Crippen LogP contribution in [0.1, 0.15) is 40.5 Å². The van der Waals surface area contributed by atoms with E-state index in [9.17, 15) is 4.79 Å². The summed E-state index contributed by atoms with van der Waals surface area (Å²) in [5.74, 6) is 0.511. The van der Waals surface area contributed by atoms with Crippen LogP contribution in [0.3, 0.4) is 0 Å². The highest BCUT2D eigenvalue weighted by atomic mass is 16.5. The number of carbonyl (C=O) groups is 1. The van der Waals surface area contributed by atoms with E-state index < -0.39 is 0 Å². The number of carbonyl (C=O) groups excluding carboxylic acids is 1. The largest absolute Gasteiger partial charge is 0.463 e. The van der Waals surface area contributed by atoms with Gasteiger partial charge in [-0.05, 0) is 19.4 Å². The van der Waals surface area contributed by atoms with Gasteiger partial charge >= 0.3 is 5.97 Å². The van der Waals surface area contributed by atoms with Crippen LogP contribution < -0.4 is 0 Å². The Morgan fingerprint density at radius 2 is 1.88 bits per heavy atom. The third-order valence-corrected chi connectivity index (χ3v) is 3.02. The lowest BCUT2D eigenvalue weighted by molar-refractivity contribution is -0.137. The zero-order valence-electron chi connectivity index (χ0n) is 11.7. The van der Waals surface area contributed by atoms with Crippen molar-refractivity contribution in [1.82, 2.24) is 4.90 Å². The second-order valence-electron chi connectivity index (χ2n) is 4.19. The molecular formula is C14H27NO2. The van der Waals surface area contributed by atoms with Crippen LogP contribution in [-0.4, -0.2) is 37.1 Å². The first-order chi connectivity index (χ1) is 8.17. The number of likely N-dealkylation sites (N-methyl/N-ethyl adjacent to an activating group) is 1. The lowest BCUT2D eigenvalue weighted by Gasteiger charge is -2.23. The Hall–Kier alpha value is -0.830. The molecular weight excluding hydrogens is 214 g/mol. The van der Waals surface area contributed by atoms with Gasteiger partial charge in [-0.15, -0.1) is 0 Å². The van der Waals surface area contributed by atoms with Crippen molar-refractivity contribution < 1.29 is 9.53 Å². The molecule has 0 spiro atoms. The van der Waals surface area contributed by atoms with E-state index in [2.05, 4.69) is 25.7 Å². The summed E-state index contributed by atoms with van der Waals surface area (Å²) in [4.78, 5) is 13.5. The van der Waals surface area contributed by atoms with Crippen molar-refractivity contribution >= 4 is 5.97 Å². The molecule has 0 aromatic carbocycles. The van der Waals surface area contributed by atoms with Crippen molar-refractivity contribution in [2.45, 2.75) is 40.5 Å². The molecule has 3 heteroatoms. The zero-order valence-corrected chi connectivity index (χ0v) is 11.7. The summed E-state index contributed by atoms with van der Waals surface area (Å²) in [7, 11) is 0. The molecule has 0 heterocycles. The third kappa shape index (κ3) is 7.97. The van der Waals surface area contributed by atoms with Crippen LogP contribution >= 0.6 is 0 Å². The Bertz CT molecular complexity index is 222. The highest BCUT2D eigenvalue weighted by Crippen LogP contribution is 2.09. The summed E-state index contributed by atoms with van der Waals surface area (Å²) >= 11 is 0. The molecule has 17 heavy (non-hydrogen) atoms. The van der Waals surface area contributed by atoms with Crippen LogP contribution in [0, 0.1) is 5.92 Å². The molecule has 0 aliphatic carbocycles. The molecule has 0 aromatic rings. The molecule has 100 valence electrons. The number of esters is 1. The molecule has 0 rings (SSSR count). The Morgan fingerprint density at radius 1 is 1.24 bits per heavy atom. The van der Waals surface area contributed by atoms with Crippen LogP contribution in [0.2, 0.25) is 0 Å². The molecule has 0 fully saturated rings. The van der Waals surface area contributed by atoms with Gasteiger partial charge in [0.05, 0.1) is 6.61 Å². The number of rotatable bonds is 9. The molecule has 0 unspecified atom stereocenters. The summed E-state index contributed by atoms with van der Waals surface area (Å²) in [6.45, 7) is 11.8. The molecule has 0 atom stereocenters. The van der Waals surface area contributed by atoms with Gasteiger partial charge in [0.1, 0.15) is 0 Å². The number of hydrogen-bond donors (Lipinski definition) is 0. The quantitative estimate of drug-likeness (QED) is 0.459. The van der Waals surface area contributed by atoms with Crippen LogP contribution in [-0.2, 0) is 9.53 Å². The van der Waals surface area contributed by atoms with E-state index >= 15 is 0 Å². The van der Waals surface area contributed by atoms with Crippen molar-refractivity contribution in [1.29, 1.82) is 0 Å². The van der Waals surface area contributed by atoms with Crippen molar-refractivity contribution in [2.75, 3.05) is 26.2 Å². The van der Waals surface area contributed by atoms with Gasteiger partial charge in [0, 0.05) is 19.2 Å².